The Morgan fingerprint density at radius 1 is 1.21 bits per heavy atom. The number of nitrogens with one attached hydrogen (secondary N) is 1. The lowest BCUT2D eigenvalue weighted by atomic mass is 10.2. The summed E-state index contributed by atoms with van der Waals surface area (Å²) in [7, 11) is 0. The van der Waals surface area contributed by atoms with E-state index in [4.69, 9.17) is 16.3 Å². The van der Waals surface area contributed by atoms with Crippen LogP contribution in [0, 0.1) is 0 Å². The molecule has 0 radical (unpaired) electrons. The molecule has 0 unspecified atom stereocenters. The number of carbonyl (C=O) groups is 1. The number of amides is 1. The highest BCUT2D eigenvalue weighted by Gasteiger charge is 2.07. The summed E-state index contributed by atoms with van der Waals surface area (Å²) in [5, 5.41) is 2.78. The van der Waals surface area contributed by atoms with Gasteiger partial charge >= 0.3 is 6.09 Å². The van der Waals surface area contributed by atoms with Crippen LogP contribution in [0.15, 0.2) is 48.5 Å². The molecule has 2 aromatic rings. The van der Waals surface area contributed by atoms with Crippen LogP contribution in [-0.2, 0) is 6.67 Å². The largest absolute Gasteiger partial charge is 0.417 e. The normalized spacial score (nSPS) is 10.0. The topological polar surface area (TPSA) is 38.3 Å². The van der Waals surface area contributed by atoms with Gasteiger partial charge in [0.05, 0.1) is 0 Å². The van der Waals surface area contributed by atoms with Gasteiger partial charge in [-0.15, -0.1) is 0 Å². The quantitative estimate of drug-likeness (QED) is 0.903. The fraction of sp³-hybridized carbons (Fsp3) is 0.0714. The first-order valence-electron chi connectivity index (χ1n) is 5.57. The van der Waals surface area contributed by atoms with E-state index in [0.29, 0.717) is 17.0 Å². The van der Waals surface area contributed by atoms with Crippen molar-refractivity contribution in [1.29, 1.82) is 0 Å². The predicted molar refractivity (Wildman–Crippen MR) is 72.4 cm³/mol. The van der Waals surface area contributed by atoms with E-state index in [1.807, 2.05) is 6.07 Å². The molecule has 0 atom stereocenters. The third kappa shape index (κ3) is 3.69. The zero-order valence-electron chi connectivity index (χ0n) is 9.90. The molecular weight excluding hydrogens is 269 g/mol. The van der Waals surface area contributed by atoms with Crippen LogP contribution in [0.5, 0.6) is 5.75 Å². The molecule has 1 amide bonds. The van der Waals surface area contributed by atoms with Crippen LogP contribution in [0.3, 0.4) is 0 Å². The lowest BCUT2D eigenvalue weighted by molar-refractivity contribution is 0.215. The number of ether oxygens (including phenoxy) is 1. The van der Waals surface area contributed by atoms with Gasteiger partial charge in [0, 0.05) is 16.3 Å². The standard InChI is InChI=1S/C14H11ClFNO2/c15-13-8-11(7-6-10(13)9-16)17-14(18)19-12-4-2-1-3-5-12/h1-8H,9H2,(H,17,18). The van der Waals surface area contributed by atoms with Crippen molar-refractivity contribution in [3.8, 4) is 5.75 Å². The summed E-state index contributed by atoms with van der Waals surface area (Å²) in [6.45, 7) is -0.645. The molecule has 0 aliphatic carbocycles. The number of halogens is 2. The Labute approximate surface area is 115 Å². The fourth-order valence-corrected chi connectivity index (χ4v) is 1.70. The summed E-state index contributed by atoms with van der Waals surface area (Å²) in [5.41, 5.74) is 0.826. The molecule has 2 rings (SSSR count). The van der Waals surface area contributed by atoms with Gasteiger partial charge in [-0.05, 0) is 24.3 Å². The molecule has 0 fully saturated rings. The first kappa shape index (κ1) is 13.4. The molecule has 0 saturated carbocycles. The number of benzene rings is 2. The van der Waals surface area contributed by atoms with Gasteiger partial charge < -0.3 is 4.74 Å². The molecule has 2 aromatic carbocycles. The zero-order valence-corrected chi connectivity index (χ0v) is 10.7. The molecule has 0 aliphatic rings. The van der Waals surface area contributed by atoms with Crippen molar-refractivity contribution in [2.45, 2.75) is 6.67 Å². The van der Waals surface area contributed by atoms with Crippen LogP contribution in [0.25, 0.3) is 0 Å². The van der Waals surface area contributed by atoms with Gasteiger partial charge in [-0.3, -0.25) is 5.32 Å². The minimum atomic E-state index is -0.645. The van der Waals surface area contributed by atoms with E-state index in [0.717, 1.165) is 0 Å². The minimum Gasteiger partial charge on any atom is -0.410 e. The minimum absolute atomic E-state index is 0.264. The Hall–Kier alpha value is -2.07. The molecule has 0 aromatic heterocycles. The lowest BCUT2D eigenvalue weighted by Gasteiger charge is -2.07. The van der Waals surface area contributed by atoms with E-state index in [2.05, 4.69) is 5.32 Å². The maximum absolute atomic E-state index is 12.5. The smallest absolute Gasteiger partial charge is 0.410 e. The van der Waals surface area contributed by atoms with Crippen molar-refractivity contribution in [1.82, 2.24) is 0 Å². The number of alkyl halides is 1. The van der Waals surface area contributed by atoms with Gasteiger partial charge in [0.2, 0.25) is 0 Å². The monoisotopic (exact) mass is 279 g/mol. The predicted octanol–water partition coefficient (Wildman–Crippen LogP) is 4.42. The number of hydrogen-bond donors (Lipinski definition) is 1. The van der Waals surface area contributed by atoms with Gasteiger partial charge in [-0.25, -0.2) is 9.18 Å². The van der Waals surface area contributed by atoms with Crippen molar-refractivity contribution in [2.75, 3.05) is 5.32 Å². The SMILES string of the molecule is O=C(Nc1ccc(CF)c(Cl)c1)Oc1ccccc1. The Morgan fingerprint density at radius 2 is 1.95 bits per heavy atom. The second-order valence-corrected chi connectivity index (χ2v) is 4.17. The zero-order chi connectivity index (χ0) is 13.7. The highest BCUT2D eigenvalue weighted by Crippen LogP contribution is 2.22. The Kier molecular flexibility index (Phi) is 4.36. The van der Waals surface area contributed by atoms with E-state index < -0.39 is 12.8 Å². The number of para-hydroxylation sites is 1. The summed E-state index contributed by atoms with van der Waals surface area (Å²) in [6, 6.07) is 13.2. The summed E-state index contributed by atoms with van der Waals surface area (Å²) in [6.07, 6.45) is -0.629. The Balaban J connectivity index is 2.01. The van der Waals surface area contributed by atoms with Gasteiger partial charge in [0.25, 0.3) is 0 Å². The molecule has 0 aliphatic heterocycles. The highest BCUT2D eigenvalue weighted by atomic mass is 35.5. The van der Waals surface area contributed by atoms with Crippen LogP contribution in [-0.4, -0.2) is 6.09 Å². The average molecular weight is 280 g/mol. The van der Waals surface area contributed by atoms with Crippen LogP contribution in [0.1, 0.15) is 5.56 Å². The second kappa shape index (κ2) is 6.20. The van der Waals surface area contributed by atoms with Crippen LogP contribution >= 0.6 is 11.6 Å². The molecular formula is C14H11ClFNO2. The van der Waals surface area contributed by atoms with Gasteiger partial charge in [0.1, 0.15) is 12.4 Å². The number of rotatable bonds is 3. The second-order valence-electron chi connectivity index (χ2n) is 3.77. The van der Waals surface area contributed by atoms with Crippen molar-refractivity contribution in [3.05, 3.63) is 59.1 Å². The summed E-state index contributed by atoms with van der Waals surface area (Å²) >= 11 is 5.84. The van der Waals surface area contributed by atoms with Crippen LogP contribution in [0.2, 0.25) is 5.02 Å². The van der Waals surface area contributed by atoms with Crippen molar-refractivity contribution >= 4 is 23.4 Å². The van der Waals surface area contributed by atoms with Gasteiger partial charge in [-0.2, -0.15) is 0 Å². The average Bonchev–Trinajstić information content (AvgIpc) is 2.40. The van der Waals surface area contributed by atoms with Crippen LogP contribution < -0.4 is 10.1 Å². The van der Waals surface area contributed by atoms with Gasteiger partial charge in [0.15, 0.2) is 0 Å². The number of carbonyl (C=O) groups excluding carboxylic acids is 1. The highest BCUT2D eigenvalue weighted by molar-refractivity contribution is 6.31. The molecule has 19 heavy (non-hydrogen) atoms. The first-order chi connectivity index (χ1) is 9.19. The molecule has 0 spiro atoms. The fourth-order valence-electron chi connectivity index (χ4n) is 1.47. The Morgan fingerprint density at radius 3 is 2.58 bits per heavy atom. The van der Waals surface area contributed by atoms with Crippen LogP contribution in [0.4, 0.5) is 14.9 Å². The third-order valence-corrected chi connectivity index (χ3v) is 2.75. The molecule has 5 heteroatoms. The maximum Gasteiger partial charge on any atom is 0.417 e. The number of anilines is 1. The maximum atomic E-state index is 12.5. The van der Waals surface area contributed by atoms with E-state index >= 15 is 0 Å². The van der Waals surface area contributed by atoms with E-state index in [9.17, 15) is 9.18 Å². The Bertz CT molecular complexity index is 575. The summed E-state index contributed by atoms with van der Waals surface area (Å²) in [5.74, 6) is 0.437. The van der Waals surface area contributed by atoms with Crippen molar-refractivity contribution in [3.63, 3.8) is 0 Å². The number of hydrogen-bond acceptors (Lipinski definition) is 2. The summed E-state index contributed by atoms with van der Waals surface area (Å²) in [4.78, 5) is 11.6. The molecule has 1 N–H and O–H groups in total. The van der Waals surface area contributed by atoms with E-state index in [1.54, 1.807) is 30.3 Å². The molecule has 0 heterocycles. The lowest BCUT2D eigenvalue weighted by Crippen LogP contribution is -2.16. The van der Waals surface area contributed by atoms with Crippen molar-refractivity contribution in [2.24, 2.45) is 0 Å². The van der Waals surface area contributed by atoms with Gasteiger partial charge in [-0.1, -0.05) is 35.9 Å². The first-order valence-corrected chi connectivity index (χ1v) is 5.95. The molecule has 3 nitrogen and oxygen atoms in total. The summed E-state index contributed by atoms with van der Waals surface area (Å²) < 4.78 is 17.5. The van der Waals surface area contributed by atoms with Crippen molar-refractivity contribution < 1.29 is 13.9 Å². The molecule has 98 valence electrons. The molecule has 0 bridgehead atoms. The van der Waals surface area contributed by atoms with E-state index in [1.165, 1.54) is 12.1 Å². The molecule has 0 saturated heterocycles. The third-order valence-electron chi connectivity index (χ3n) is 2.40. The van der Waals surface area contributed by atoms with E-state index in [-0.39, 0.29) is 5.02 Å².